The van der Waals surface area contributed by atoms with Crippen molar-refractivity contribution < 1.29 is 24.2 Å². The van der Waals surface area contributed by atoms with Crippen LogP contribution in [0.3, 0.4) is 0 Å². The second-order valence-corrected chi connectivity index (χ2v) is 8.99. The number of aromatic hydroxyl groups is 1. The smallest absolute Gasteiger partial charge is 0.337 e. The molecule has 2 N–H and O–H groups in total. The number of hydrogen-bond donors (Lipinski definition) is 2. The summed E-state index contributed by atoms with van der Waals surface area (Å²) < 4.78 is 11.6. The Morgan fingerprint density at radius 3 is 2.63 bits per heavy atom. The molecule has 6 nitrogen and oxygen atoms in total. The van der Waals surface area contributed by atoms with E-state index >= 15 is 0 Å². The van der Waals surface area contributed by atoms with E-state index in [4.69, 9.17) is 9.47 Å². The average molecular weight is 476 g/mol. The number of esters is 1. The molecule has 0 radical (unpaired) electrons. The number of benzene rings is 1. The molecule has 1 fully saturated rings. The van der Waals surface area contributed by atoms with Crippen LogP contribution in [-0.2, 0) is 14.3 Å². The van der Waals surface area contributed by atoms with Crippen molar-refractivity contribution >= 4 is 27.7 Å². The van der Waals surface area contributed by atoms with Crippen molar-refractivity contribution in [1.82, 2.24) is 5.32 Å². The Labute approximate surface area is 184 Å². The van der Waals surface area contributed by atoms with E-state index in [1.54, 1.807) is 12.1 Å². The lowest BCUT2D eigenvalue weighted by atomic mass is 9.75. The summed E-state index contributed by atoms with van der Waals surface area (Å²) in [6.07, 6.45) is 5.81. The zero-order valence-corrected chi connectivity index (χ0v) is 18.8. The molecule has 1 atom stereocenters. The maximum Gasteiger partial charge on any atom is 0.337 e. The number of phenolic OH excluding ortho intramolecular Hbond substituents is 1. The fourth-order valence-electron chi connectivity index (χ4n) is 4.72. The largest absolute Gasteiger partial charge is 0.503 e. The number of allylic oxidation sites excluding steroid dienone is 3. The molecule has 1 heterocycles. The van der Waals surface area contributed by atoms with Crippen LogP contribution < -0.4 is 10.1 Å². The molecule has 160 valence electrons. The first-order chi connectivity index (χ1) is 14.4. The molecule has 2 aliphatic carbocycles. The zero-order valence-electron chi connectivity index (χ0n) is 17.2. The van der Waals surface area contributed by atoms with E-state index in [0.717, 1.165) is 44.2 Å². The predicted molar refractivity (Wildman–Crippen MR) is 115 cm³/mol. The highest BCUT2D eigenvalue weighted by Gasteiger charge is 2.40. The first kappa shape index (κ1) is 21.0. The summed E-state index contributed by atoms with van der Waals surface area (Å²) in [7, 11) is 1.47. The van der Waals surface area contributed by atoms with E-state index in [9.17, 15) is 14.7 Å². The molecule has 0 saturated heterocycles. The summed E-state index contributed by atoms with van der Waals surface area (Å²) in [6, 6.07) is 3.44. The van der Waals surface area contributed by atoms with Crippen LogP contribution in [-0.4, -0.2) is 30.1 Å². The third-order valence-electron chi connectivity index (χ3n) is 6.18. The lowest BCUT2D eigenvalue weighted by Gasteiger charge is -2.34. The van der Waals surface area contributed by atoms with E-state index in [2.05, 4.69) is 21.2 Å². The number of carbonyl (C=O) groups is 2. The van der Waals surface area contributed by atoms with Gasteiger partial charge in [0.1, 0.15) is 6.10 Å². The van der Waals surface area contributed by atoms with Crippen LogP contribution in [0.15, 0.2) is 39.1 Å². The second-order valence-electron chi connectivity index (χ2n) is 8.13. The number of dihydropyridines is 1. The Hall–Kier alpha value is -2.28. The Kier molecular flexibility index (Phi) is 5.91. The monoisotopic (exact) mass is 475 g/mol. The molecule has 3 aliphatic rings. The van der Waals surface area contributed by atoms with E-state index in [1.165, 1.54) is 7.11 Å². The van der Waals surface area contributed by atoms with Crippen LogP contribution in [0, 0.1) is 0 Å². The van der Waals surface area contributed by atoms with Gasteiger partial charge >= 0.3 is 5.97 Å². The first-order valence-corrected chi connectivity index (χ1v) is 11.2. The number of Topliss-reactive ketones (excluding diaryl/α,β-unsaturated/α-hetero) is 1. The molecule has 1 unspecified atom stereocenters. The van der Waals surface area contributed by atoms with E-state index in [1.807, 2.05) is 6.92 Å². The number of hydrogen-bond acceptors (Lipinski definition) is 6. The highest BCUT2D eigenvalue weighted by molar-refractivity contribution is 9.10. The highest BCUT2D eigenvalue weighted by atomic mass is 79.9. The SMILES string of the molecule is COc1cc(C2C(C(=O)OC3CCCC3)=C(C)NC3=C2C(=O)CCC3)cc(Br)c1O. The summed E-state index contributed by atoms with van der Waals surface area (Å²) in [5.74, 6) is -0.644. The number of rotatable bonds is 4. The maximum atomic E-state index is 13.3. The summed E-state index contributed by atoms with van der Waals surface area (Å²) in [4.78, 5) is 26.3. The fraction of sp³-hybridized carbons (Fsp3) is 0.478. The third-order valence-corrected chi connectivity index (χ3v) is 6.78. The van der Waals surface area contributed by atoms with Gasteiger partial charge in [-0.15, -0.1) is 0 Å². The molecular weight excluding hydrogens is 450 g/mol. The number of ether oxygens (including phenoxy) is 2. The standard InChI is InChI=1S/C23H26BrNO5/c1-12-19(23(28)30-14-6-3-4-7-14)20(21-16(25-12)8-5-9-17(21)26)13-10-15(24)22(27)18(11-13)29-2/h10-11,14,20,25,27H,3-9H2,1-2H3. The molecule has 1 aromatic carbocycles. The third kappa shape index (κ3) is 3.75. The van der Waals surface area contributed by atoms with Crippen molar-refractivity contribution in [2.24, 2.45) is 0 Å². The van der Waals surface area contributed by atoms with Gasteiger partial charge in [0, 0.05) is 29.3 Å². The van der Waals surface area contributed by atoms with Gasteiger partial charge in [0.05, 0.1) is 17.2 Å². The van der Waals surface area contributed by atoms with Crippen LogP contribution in [0.25, 0.3) is 0 Å². The van der Waals surface area contributed by atoms with Gasteiger partial charge in [-0.05, 0) is 79.1 Å². The van der Waals surface area contributed by atoms with Gasteiger partial charge < -0.3 is 19.9 Å². The summed E-state index contributed by atoms with van der Waals surface area (Å²) in [5, 5.41) is 13.6. The minimum atomic E-state index is -0.561. The molecule has 0 aromatic heterocycles. The van der Waals surface area contributed by atoms with E-state index < -0.39 is 5.92 Å². The van der Waals surface area contributed by atoms with Gasteiger partial charge in [-0.1, -0.05) is 0 Å². The van der Waals surface area contributed by atoms with Crippen molar-refractivity contribution in [3.05, 3.63) is 44.7 Å². The number of methoxy groups -OCH3 is 1. The van der Waals surface area contributed by atoms with E-state index in [0.29, 0.717) is 33.3 Å². The molecule has 0 spiro atoms. The zero-order chi connectivity index (χ0) is 21.4. The van der Waals surface area contributed by atoms with Gasteiger partial charge in [0.25, 0.3) is 0 Å². The number of carbonyl (C=O) groups excluding carboxylic acids is 2. The molecule has 4 rings (SSSR count). The van der Waals surface area contributed by atoms with Crippen molar-refractivity contribution in [3.8, 4) is 11.5 Å². The van der Waals surface area contributed by atoms with Crippen molar-refractivity contribution in [2.45, 2.75) is 63.9 Å². The Morgan fingerprint density at radius 2 is 1.93 bits per heavy atom. The quantitative estimate of drug-likeness (QED) is 0.618. The lowest BCUT2D eigenvalue weighted by Crippen LogP contribution is -2.35. The van der Waals surface area contributed by atoms with Crippen LogP contribution in [0.5, 0.6) is 11.5 Å². The molecule has 0 amide bonds. The molecule has 30 heavy (non-hydrogen) atoms. The Bertz CT molecular complexity index is 959. The normalized spacial score (nSPS) is 22.1. The maximum absolute atomic E-state index is 13.3. The molecule has 7 heteroatoms. The van der Waals surface area contributed by atoms with Crippen LogP contribution in [0.2, 0.25) is 0 Å². The van der Waals surface area contributed by atoms with Gasteiger partial charge in [0.15, 0.2) is 17.3 Å². The summed E-state index contributed by atoms with van der Waals surface area (Å²) in [6.45, 7) is 1.85. The Morgan fingerprint density at radius 1 is 1.20 bits per heavy atom. The minimum absolute atomic E-state index is 0.0184. The van der Waals surface area contributed by atoms with Gasteiger partial charge in [-0.3, -0.25) is 4.79 Å². The summed E-state index contributed by atoms with van der Waals surface area (Å²) >= 11 is 3.37. The molecular formula is C23H26BrNO5. The number of nitrogens with one attached hydrogen (secondary N) is 1. The van der Waals surface area contributed by atoms with Crippen molar-refractivity contribution in [1.29, 1.82) is 0 Å². The van der Waals surface area contributed by atoms with Gasteiger partial charge in [0.2, 0.25) is 0 Å². The fourth-order valence-corrected chi connectivity index (χ4v) is 5.18. The topological polar surface area (TPSA) is 84.9 Å². The molecule has 0 bridgehead atoms. The minimum Gasteiger partial charge on any atom is -0.503 e. The average Bonchev–Trinajstić information content (AvgIpc) is 3.22. The van der Waals surface area contributed by atoms with Crippen LogP contribution in [0.4, 0.5) is 0 Å². The number of ketones is 1. The van der Waals surface area contributed by atoms with Crippen molar-refractivity contribution in [2.75, 3.05) is 7.11 Å². The second kappa shape index (κ2) is 8.46. The molecule has 1 saturated carbocycles. The number of phenols is 1. The van der Waals surface area contributed by atoms with Gasteiger partial charge in [-0.25, -0.2) is 4.79 Å². The molecule has 1 aromatic rings. The lowest BCUT2D eigenvalue weighted by molar-refractivity contribution is -0.144. The Balaban J connectivity index is 1.82. The van der Waals surface area contributed by atoms with E-state index in [-0.39, 0.29) is 29.4 Å². The van der Waals surface area contributed by atoms with Crippen molar-refractivity contribution in [3.63, 3.8) is 0 Å². The number of halogens is 1. The summed E-state index contributed by atoms with van der Waals surface area (Å²) in [5.41, 5.74) is 3.35. The van der Waals surface area contributed by atoms with Gasteiger partial charge in [-0.2, -0.15) is 0 Å². The van der Waals surface area contributed by atoms with Crippen LogP contribution >= 0.6 is 15.9 Å². The predicted octanol–water partition coefficient (Wildman–Crippen LogP) is 4.62. The molecule has 1 aliphatic heterocycles. The first-order valence-electron chi connectivity index (χ1n) is 10.4. The highest BCUT2D eigenvalue weighted by Crippen LogP contribution is 2.46. The van der Waals surface area contributed by atoms with Crippen LogP contribution in [0.1, 0.15) is 63.4 Å².